The van der Waals surface area contributed by atoms with Crippen LogP contribution in [0.3, 0.4) is 0 Å². The Morgan fingerprint density at radius 3 is 2.82 bits per heavy atom. The number of nitrogens with one attached hydrogen (secondary N) is 1. The number of hydrogen-bond acceptors (Lipinski definition) is 4. The maximum absolute atomic E-state index is 10.0. The second-order valence-corrected chi connectivity index (χ2v) is 3.41. The SMILES string of the molecule is CC(CO)NCCCS(=O)[O-]. The molecule has 2 unspecified atom stereocenters. The highest BCUT2D eigenvalue weighted by atomic mass is 32.2. The van der Waals surface area contributed by atoms with E-state index in [1.165, 1.54) is 0 Å². The lowest BCUT2D eigenvalue weighted by molar-refractivity contribution is 0.252. The molecule has 0 aromatic heterocycles. The van der Waals surface area contributed by atoms with Crippen molar-refractivity contribution < 1.29 is 13.9 Å². The van der Waals surface area contributed by atoms with Crippen LogP contribution in [0.5, 0.6) is 0 Å². The molecule has 5 heteroatoms. The maximum Gasteiger partial charge on any atom is 0.0581 e. The first kappa shape index (κ1) is 11.0. The minimum Gasteiger partial charge on any atom is -0.772 e. The molecule has 0 aliphatic heterocycles. The van der Waals surface area contributed by atoms with Crippen LogP contribution < -0.4 is 5.32 Å². The van der Waals surface area contributed by atoms with Gasteiger partial charge in [-0.2, -0.15) is 0 Å². The van der Waals surface area contributed by atoms with E-state index in [9.17, 15) is 8.76 Å². The van der Waals surface area contributed by atoms with Crippen molar-refractivity contribution in [2.75, 3.05) is 18.9 Å². The molecule has 0 bridgehead atoms. The molecule has 0 radical (unpaired) electrons. The second-order valence-electron chi connectivity index (χ2n) is 2.40. The Hall–Kier alpha value is 0.0300. The molecule has 0 rings (SSSR count). The lowest BCUT2D eigenvalue weighted by Gasteiger charge is -2.10. The number of aliphatic hydroxyl groups excluding tert-OH is 1. The van der Waals surface area contributed by atoms with Gasteiger partial charge < -0.3 is 15.0 Å². The predicted octanol–water partition coefficient (Wildman–Crippen LogP) is -0.774. The van der Waals surface area contributed by atoms with Gasteiger partial charge in [0.15, 0.2) is 0 Å². The lowest BCUT2D eigenvalue weighted by atomic mass is 10.3. The molecule has 2 N–H and O–H groups in total. The summed E-state index contributed by atoms with van der Waals surface area (Å²) in [6, 6.07) is 0.0510. The molecule has 68 valence electrons. The molecule has 0 saturated carbocycles. The third kappa shape index (κ3) is 7.93. The number of hydrogen-bond donors (Lipinski definition) is 2. The van der Waals surface area contributed by atoms with Gasteiger partial charge in [0.25, 0.3) is 0 Å². The van der Waals surface area contributed by atoms with Crippen molar-refractivity contribution in [1.82, 2.24) is 5.32 Å². The molecule has 0 amide bonds. The van der Waals surface area contributed by atoms with Gasteiger partial charge in [0, 0.05) is 11.8 Å². The molecule has 0 fully saturated rings. The van der Waals surface area contributed by atoms with E-state index in [-0.39, 0.29) is 18.4 Å². The van der Waals surface area contributed by atoms with E-state index in [4.69, 9.17) is 5.11 Å². The quantitative estimate of drug-likeness (QED) is 0.416. The molecule has 0 spiro atoms. The number of rotatable bonds is 6. The molecule has 0 aromatic rings. The Morgan fingerprint density at radius 1 is 1.73 bits per heavy atom. The van der Waals surface area contributed by atoms with Gasteiger partial charge in [-0.15, -0.1) is 0 Å². The van der Waals surface area contributed by atoms with Crippen LogP contribution in [0.1, 0.15) is 13.3 Å². The van der Waals surface area contributed by atoms with Crippen LogP contribution in [0.2, 0.25) is 0 Å². The van der Waals surface area contributed by atoms with Gasteiger partial charge in [-0.05, 0) is 19.9 Å². The molecular formula is C6H14NO3S-. The van der Waals surface area contributed by atoms with E-state index in [2.05, 4.69) is 5.32 Å². The molecule has 11 heavy (non-hydrogen) atoms. The van der Waals surface area contributed by atoms with Crippen LogP contribution in [-0.2, 0) is 11.1 Å². The Morgan fingerprint density at radius 2 is 2.36 bits per heavy atom. The Labute approximate surface area is 69.3 Å². The summed E-state index contributed by atoms with van der Waals surface area (Å²) in [5.41, 5.74) is 0. The zero-order valence-electron chi connectivity index (χ0n) is 6.58. The average Bonchev–Trinajstić information content (AvgIpc) is 1.97. The van der Waals surface area contributed by atoms with Gasteiger partial charge in [0.05, 0.1) is 6.61 Å². The first-order chi connectivity index (χ1) is 5.16. The second kappa shape index (κ2) is 6.72. The topological polar surface area (TPSA) is 72.4 Å². The first-order valence-electron chi connectivity index (χ1n) is 3.57. The van der Waals surface area contributed by atoms with Crippen LogP contribution in [0.4, 0.5) is 0 Å². The minimum atomic E-state index is -1.93. The fourth-order valence-electron chi connectivity index (χ4n) is 0.603. The molecule has 2 atom stereocenters. The lowest BCUT2D eigenvalue weighted by Crippen LogP contribution is -2.30. The van der Waals surface area contributed by atoms with Gasteiger partial charge >= 0.3 is 0 Å². The molecular weight excluding hydrogens is 166 g/mol. The van der Waals surface area contributed by atoms with Gasteiger partial charge in [0.1, 0.15) is 0 Å². The maximum atomic E-state index is 10.0. The molecule has 0 aliphatic rings. The third-order valence-electron chi connectivity index (χ3n) is 1.25. The highest BCUT2D eigenvalue weighted by molar-refractivity contribution is 7.79. The monoisotopic (exact) mass is 180 g/mol. The van der Waals surface area contributed by atoms with Crippen molar-refractivity contribution in [1.29, 1.82) is 0 Å². The van der Waals surface area contributed by atoms with Crippen molar-refractivity contribution in [3.63, 3.8) is 0 Å². The fourth-order valence-corrected chi connectivity index (χ4v) is 0.983. The molecule has 0 heterocycles. The minimum absolute atomic E-state index is 0.0510. The van der Waals surface area contributed by atoms with Gasteiger partial charge in [-0.3, -0.25) is 4.21 Å². The largest absolute Gasteiger partial charge is 0.772 e. The van der Waals surface area contributed by atoms with Crippen LogP contribution >= 0.6 is 0 Å². The van der Waals surface area contributed by atoms with Crippen molar-refractivity contribution in [2.45, 2.75) is 19.4 Å². The summed E-state index contributed by atoms with van der Waals surface area (Å²) in [6.45, 7) is 2.56. The van der Waals surface area contributed by atoms with E-state index in [0.717, 1.165) is 0 Å². The summed E-state index contributed by atoms with van der Waals surface area (Å²) in [5.74, 6) is 0.186. The van der Waals surface area contributed by atoms with E-state index in [1.54, 1.807) is 0 Å². The van der Waals surface area contributed by atoms with E-state index >= 15 is 0 Å². The highest BCUT2D eigenvalue weighted by Crippen LogP contribution is 1.83. The molecule has 0 saturated heterocycles. The van der Waals surface area contributed by atoms with Crippen LogP contribution in [0.15, 0.2) is 0 Å². The van der Waals surface area contributed by atoms with E-state index in [0.29, 0.717) is 13.0 Å². The molecule has 0 aliphatic carbocycles. The van der Waals surface area contributed by atoms with Crippen LogP contribution in [0.25, 0.3) is 0 Å². The zero-order chi connectivity index (χ0) is 8.69. The van der Waals surface area contributed by atoms with Crippen molar-refractivity contribution >= 4 is 11.1 Å². The summed E-state index contributed by atoms with van der Waals surface area (Å²) < 4.78 is 20.1. The predicted molar refractivity (Wildman–Crippen MR) is 43.0 cm³/mol. The van der Waals surface area contributed by atoms with Gasteiger partial charge in [-0.25, -0.2) is 0 Å². The summed E-state index contributed by atoms with van der Waals surface area (Å²) in [4.78, 5) is 0. The molecule has 4 nitrogen and oxygen atoms in total. The summed E-state index contributed by atoms with van der Waals surface area (Å²) in [6.07, 6.45) is 0.598. The van der Waals surface area contributed by atoms with Gasteiger partial charge in [-0.1, -0.05) is 11.1 Å². The smallest absolute Gasteiger partial charge is 0.0581 e. The van der Waals surface area contributed by atoms with Crippen molar-refractivity contribution in [2.24, 2.45) is 0 Å². The zero-order valence-corrected chi connectivity index (χ0v) is 7.39. The summed E-state index contributed by atoms with van der Waals surface area (Å²) in [7, 11) is 0. The van der Waals surface area contributed by atoms with Crippen LogP contribution in [0, 0.1) is 0 Å². The van der Waals surface area contributed by atoms with E-state index < -0.39 is 11.1 Å². The first-order valence-corrected chi connectivity index (χ1v) is 4.81. The summed E-state index contributed by atoms with van der Waals surface area (Å²) in [5, 5.41) is 11.5. The summed E-state index contributed by atoms with van der Waals surface area (Å²) >= 11 is -1.93. The normalized spacial score (nSPS) is 16.3. The standard InChI is InChI=1S/C6H15NO3S/c1-6(5-8)7-3-2-4-11(9)10/h6-8H,2-5H2,1H3,(H,9,10)/p-1. The fraction of sp³-hybridized carbons (Fsp3) is 1.00. The molecule has 0 aromatic carbocycles. The van der Waals surface area contributed by atoms with E-state index in [1.807, 2.05) is 6.92 Å². The van der Waals surface area contributed by atoms with Gasteiger partial charge in [0.2, 0.25) is 0 Å². The highest BCUT2D eigenvalue weighted by Gasteiger charge is 1.96. The van der Waals surface area contributed by atoms with Crippen LogP contribution in [-0.4, -0.2) is 38.8 Å². The third-order valence-corrected chi connectivity index (χ3v) is 1.88. The average molecular weight is 180 g/mol. The number of aliphatic hydroxyl groups is 1. The Kier molecular flexibility index (Phi) is 6.74. The van der Waals surface area contributed by atoms with Crippen molar-refractivity contribution in [3.8, 4) is 0 Å². The van der Waals surface area contributed by atoms with Crippen molar-refractivity contribution in [3.05, 3.63) is 0 Å². The Bertz CT molecular complexity index is 120. The Balaban J connectivity index is 3.08.